The molecule has 0 saturated carbocycles. The molecule has 0 aromatic heterocycles. The van der Waals surface area contributed by atoms with Gasteiger partial charge in [-0.1, -0.05) is 12.1 Å². The zero-order chi connectivity index (χ0) is 13.0. The highest BCUT2D eigenvalue weighted by Gasteiger charge is 2.25. The van der Waals surface area contributed by atoms with Gasteiger partial charge < -0.3 is 14.8 Å². The van der Waals surface area contributed by atoms with Crippen molar-refractivity contribution in [2.24, 2.45) is 0 Å². The van der Waals surface area contributed by atoms with Crippen molar-refractivity contribution < 1.29 is 9.47 Å². The molecule has 1 aliphatic heterocycles. The van der Waals surface area contributed by atoms with E-state index in [9.17, 15) is 0 Å². The number of hydrogen-bond donors (Lipinski definition) is 1. The van der Waals surface area contributed by atoms with E-state index in [2.05, 4.69) is 31.3 Å². The van der Waals surface area contributed by atoms with E-state index in [0.717, 1.165) is 18.8 Å². The summed E-state index contributed by atoms with van der Waals surface area (Å²) in [5, 5.41) is 3.63. The number of rotatable bonds is 5. The van der Waals surface area contributed by atoms with Crippen LogP contribution >= 0.6 is 0 Å². The van der Waals surface area contributed by atoms with E-state index in [-0.39, 0.29) is 0 Å². The quantitative estimate of drug-likeness (QED) is 0.870. The summed E-state index contributed by atoms with van der Waals surface area (Å²) in [4.78, 5) is 0. The molecule has 0 aliphatic carbocycles. The third-order valence-electron chi connectivity index (χ3n) is 3.53. The summed E-state index contributed by atoms with van der Waals surface area (Å²) in [6.45, 7) is 7.91. The minimum absolute atomic E-state index is 0.315. The van der Waals surface area contributed by atoms with Crippen LogP contribution in [0.15, 0.2) is 24.3 Å². The lowest BCUT2D eigenvalue weighted by molar-refractivity contribution is 0.111. The second-order valence-corrected chi connectivity index (χ2v) is 4.86. The highest BCUT2D eigenvalue weighted by atomic mass is 16.5. The lowest BCUT2D eigenvalue weighted by Gasteiger charge is -2.22. The van der Waals surface area contributed by atoms with Crippen molar-refractivity contribution in [1.29, 1.82) is 0 Å². The van der Waals surface area contributed by atoms with Gasteiger partial charge in [0.05, 0.1) is 12.7 Å². The Morgan fingerprint density at radius 1 is 1.39 bits per heavy atom. The summed E-state index contributed by atoms with van der Waals surface area (Å²) >= 11 is 0. The second-order valence-electron chi connectivity index (χ2n) is 4.86. The van der Waals surface area contributed by atoms with Crippen LogP contribution in [0.5, 0.6) is 5.75 Å². The van der Waals surface area contributed by atoms with Crippen LogP contribution in [0.1, 0.15) is 38.8 Å². The second kappa shape index (κ2) is 6.21. The third-order valence-corrected chi connectivity index (χ3v) is 3.53. The summed E-state index contributed by atoms with van der Waals surface area (Å²) in [5.74, 6) is 0.936. The first-order valence-corrected chi connectivity index (χ1v) is 6.81. The zero-order valence-electron chi connectivity index (χ0n) is 11.5. The Morgan fingerprint density at radius 2 is 2.11 bits per heavy atom. The van der Waals surface area contributed by atoms with Crippen molar-refractivity contribution in [2.45, 2.75) is 45.4 Å². The van der Waals surface area contributed by atoms with Gasteiger partial charge in [-0.3, -0.25) is 0 Å². The molecule has 100 valence electrons. The Balaban J connectivity index is 1.93. The van der Waals surface area contributed by atoms with Crippen molar-refractivity contribution in [1.82, 2.24) is 5.32 Å². The lowest BCUT2D eigenvalue weighted by Crippen LogP contribution is -2.36. The van der Waals surface area contributed by atoms with Gasteiger partial charge in [-0.05, 0) is 44.9 Å². The fourth-order valence-electron chi connectivity index (χ4n) is 2.39. The van der Waals surface area contributed by atoms with Gasteiger partial charge in [0.1, 0.15) is 5.75 Å². The summed E-state index contributed by atoms with van der Waals surface area (Å²) in [6, 6.07) is 9.13. The standard InChI is InChI=1S/C15H23NO2/c1-4-17-14-7-5-13(6-8-14)11(2)16-15-9-10-18-12(15)3/h5-8,11-12,15-16H,4,9-10H2,1-3H3. The Morgan fingerprint density at radius 3 is 2.67 bits per heavy atom. The monoisotopic (exact) mass is 249 g/mol. The molecule has 3 heteroatoms. The number of nitrogens with one attached hydrogen (secondary N) is 1. The molecule has 3 nitrogen and oxygen atoms in total. The molecule has 2 rings (SSSR count). The molecule has 1 N–H and O–H groups in total. The Bertz CT molecular complexity index is 363. The molecule has 18 heavy (non-hydrogen) atoms. The first kappa shape index (κ1) is 13.4. The largest absolute Gasteiger partial charge is 0.494 e. The van der Waals surface area contributed by atoms with Gasteiger partial charge in [0, 0.05) is 18.7 Å². The van der Waals surface area contributed by atoms with Crippen LogP contribution in [0.2, 0.25) is 0 Å². The lowest BCUT2D eigenvalue weighted by atomic mass is 10.1. The van der Waals surface area contributed by atoms with Gasteiger partial charge in [0.15, 0.2) is 0 Å². The smallest absolute Gasteiger partial charge is 0.119 e. The molecule has 1 aromatic rings. The van der Waals surface area contributed by atoms with E-state index in [0.29, 0.717) is 24.8 Å². The molecule has 1 heterocycles. The Labute approximate surface area is 109 Å². The van der Waals surface area contributed by atoms with Crippen LogP contribution in [0, 0.1) is 0 Å². The van der Waals surface area contributed by atoms with Gasteiger partial charge in [0.25, 0.3) is 0 Å². The van der Waals surface area contributed by atoms with Crippen LogP contribution < -0.4 is 10.1 Å². The van der Waals surface area contributed by atoms with Crippen molar-refractivity contribution in [3.63, 3.8) is 0 Å². The molecule has 0 radical (unpaired) electrons. The van der Waals surface area contributed by atoms with Crippen LogP contribution in [-0.4, -0.2) is 25.4 Å². The SMILES string of the molecule is CCOc1ccc(C(C)NC2CCOC2C)cc1. The molecule has 0 spiro atoms. The van der Waals surface area contributed by atoms with Crippen molar-refractivity contribution in [3.8, 4) is 5.75 Å². The molecule has 1 saturated heterocycles. The molecule has 1 aliphatic rings. The van der Waals surface area contributed by atoms with Crippen LogP contribution in [0.4, 0.5) is 0 Å². The van der Waals surface area contributed by atoms with E-state index in [1.165, 1.54) is 5.56 Å². The fraction of sp³-hybridized carbons (Fsp3) is 0.600. The maximum absolute atomic E-state index is 5.57. The predicted octanol–water partition coefficient (Wildman–Crippen LogP) is 2.91. The Hall–Kier alpha value is -1.06. The molecule has 3 unspecified atom stereocenters. The van der Waals surface area contributed by atoms with Gasteiger partial charge in [-0.2, -0.15) is 0 Å². The highest BCUT2D eigenvalue weighted by molar-refractivity contribution is 5.29. The maximum atomic E-state index is 5.57. The molecular formula is C15H23NO2. The predicted molar refractivity (Wildman–Crippen MR) is 73.0 cm³/mol. The third kappa shape index (κ3) is 3.24. The molecule has 0 amide bonds. The van der Waals surface area contributed by atoms with Gasteiger partial charge >= 0.3 is 0 Å². The number of benzene rings is 1. The molecule has 1 aromatic carbocycles. The molecule has 0 bridgehead atoms. The zero-order valence-corrected chi connectivity index (χ0v) is 11.5. The Kier molecular flexibility index (Phi) is 4.61. The van der Waals surface area contributed by atoms with Gasteiger partial charge in [-0.15, -0.1) is 0 Å². The average molecular weight is 249 g/mol. The molecular weight excluding hydrogens is 226 g/mol. The normalized spacial score (nSPS) is 25.1. The minimum atomic E-state index is 0.315. The molecule has 3 atom stereocenters. The van der Waals surface area contributed by atoms with Gasteiger partial charge in [-0.25, -0.2) is 0 Å². The van der Waals surface area contributed by atoms with E-state index in [4.69, 9.17) is 9.47 Å². The minimum Gasteiger partial charge on any atom is -0.494 e. The number of ether oxygens (including phenoxy) is 2. The topological polar surface area (TPSA) is 30.5 Å². The van der Waals surface area contributed by atoms with Gasteiger partial charge in [0.2, 0.25) is 0 Å². The summed E-state index contributed by atoms with van der Waals surface area (Å²) in [7, 11) is 0. The highest BCUT2D eigenvalue weighted by Crippen LogP contribution is 2.21. The first-order valence-electron chi connectivity index (χ1n) is 6.81. The van der Waals surface area contributed by atoms with Crippen molar-refractivity contribution >= 4 is 0 Å². The van der Waals surface area contributed by atoms with E-state index in [1.807, 2.05) is 19.1 Å². The molecule has 1 fully saturated rings. The first-order chi connectivity index (χ1) is 8.70. The van der Waals surface area contributed by atoms with Crippen LogP contribution in [0.3, 0.4) is 0 Å². The van der Waals surface area contributed by atoms with Crippen LogP contribution in [-0.2, 0) is 4.74 Å². The van der Waals surface area contributed by atoms with E-state index in [1.54, 1.807) is 0 Å². The summed E-state index contributed by atoms with van der Waals surface area (Å²) in [5.41, 5.74) is 1.29. The van der Waals surface area contributed by atoms with E-state index < -0.39 is 0 Å². The fourth-order valence-corrected chi connectivity index (χ4v) is 2.39. The summed E-state index contributed by atoms with van der Waals surface area (Å²) < 4.78 is 11.0. The van der Waals surface area contributed by atoms with E-state index >= 15 is 0 Å². The average Bonchev–Trinajstić information content (AvgIpc) is 2.76. The van der Waals surface area contributed by atoms with Crippen molar-refractivity contribution in [3.05, 3.63) is 29.8 Å². The maximum Gasteiger partial charge on any atom is 0.119 e. The number of hydrogen-bond acceptors (Lipinski definition) is 3. The summed E-state index contributed by atoms with van der Waals surface area (Å²) in [6.07, 6.45) is 1.41. The van der Waals surface area contributed by atoms with Crippen molar-refractivity contribution in [2.75, 3.05) is 13.2 Å². The van der Waals surface area contributed by atoms with Crippen LogP contribution in [0.25, 0.3) is 0 Å².